The maximum Gasteiger partial charge on any atom is 0.355 e. The van der Waals surface area contributed by atoms with Gasteiger partial charge < -0.3 is 14.6 Å². The van der Waals surface area contributed by atoms with Gasteiger partial charge in [0.25, 0.3) is 0 Å². The number of pyridine rings is 1. The first kappa shape index (κ1) is 10.6. The molecule has 0 saturated carbocycles. The summed E-state index contributed by atoms with van der Waals surface area (Å²) in [5.41, 5.74) is 1.32. The van der Waals surface area contributed by atoms with Gasteiger partial charge in [-0.25, -0.2) is 9.78 Å². The van der Waals surface area contributed by atoms with E-state index in [1.807, 2.05) is 0 Å². The number of aromatic carboxylic acids is 1. The molecule has 1 N–H and O–H groups in total. The van der Waals surface area contributed by atoms with Gasteiger partial charge in [-0.15, -0.1) is 0 Å². The van der Waals surface area contributed by atoms with Crippen LogP contribution < -0.4 is 9.47 Å². The second-order valence-corrected chi connectivity index (χ2v) is 3.77. The van der Waals surface area contributed by atoms with Crippen molar-refractivity contribution in [1.29, 1.82) is 0 Å². The molecule has 5 nitrogen and oxygen atoms in total. The predicted molar refractivity (Wildman–Crippen MR) is 62.8 cm³/mol. The molecule has 5 heteroatoms. The molecule has 2 heterocycles. The third-order valence-electron chi connectivity index (χ3n) is 2.69. The van der Waals surface area contributed by atoms with Gasteiger partial charge in [-0.1, -0.05) is 12.1 Å². The second kappa shape index (κ2) is 4.03. The van der Waals surface area contributed by atoms with Crippen LogP contribution in [0.25, 0.3) is 11.1 Å². The minimum atomic E-state index is -1.05. The minimum absolute atomic E-state index is 0.0244. The summed E-state index contributed by atoms with van der Waals surface area (Å²) in [5.74, 6) is 0.232. The normalized spacial score (nSPS) is 12.4. The number of ether oxygens (including phenoxy) is 2. The Morgan fingerprint density at radius 1 is 1.22 bits per heavy atom. The number of hydrogen-bond donors (Lipinski definition) is 1. The summed E-state index contributed by atoms with van der Waals surface area (Å²) in [5, 5.41) is 9.10. The van der Waals surface area contributed by atoms with Crippen molar-refractivity contribution in [2.45, 2.75) is 0 Å². The van der Waals surface area contributed by atoms with E-state index in [2.05, 4.69) is 4.98 Å². The summed E-state index contributed by atoms with van der Waals surface area (Å²) in [7, 11) is 0. The lowest BCUT2D eigenvalue weighted by molar-refractivity contribution is 0.0691. The minimum Gasteiger partial charge on any atom is -0.476 e. The largest absolute Gasteiger partial charge is 0.476 e. The summed E-state index contributed by atoms with van der Waals surface area (Å²) in [6.07, 6.45) is 1.46. The number of carboxylic acid groups (broad SMARTS) is 1. The molecule has 0 fully saturated rings. The Kier molecular flexibility index (Phi) is 2.37. The molecular weight excluding hydrogens is 234 g/mol. The van der Waals surface area contributed by atoms with Crippen LogP contribution in [0.5, 0.6) is 11.5 Å². The maximum atomic E-state index is 11.1. The zero-order valence-electron chi connectivity index (χ0n) is 9.29. The van der Waals surface area contributed by atoms with Crippen molar-refractivity contribution in [3.63, 3.8) is 0 Å². The van der Waals surface area contributed by atoms with Crippen LogP contribution in [-0.4, -0.2) is 22.9 Å². The van der Waals surface area contributed by atoms with Gasteiger partial charge in [-0.05, 0) is 23.8 Å². The van der Waals surface area contributed by atoms with Crippen LogP contribution in [0.4, 0.5) is 0 Å². The fraction of sp³-hybridized carbons (Fsp3) is 0.0769. The zero-order chi connectivity index (χ0) is 12.5. The van der Waals surface area contributed by atoms with Crippen molar-refractivity contribution in [3.05, 3.63) is 42.2 Å². The van der Waals surface area contributed by atoms with Gasteiger partial charge in [-0.2, -0.15) is 0 Å². The van der Waals surface area contributed by atoms with Crippen LogP contribution in [0.2, 0.25) is 0 Å². The molecule has 18 heavy (non-hydrogen) atoms. The number of fused-ring (bicyclic) bond motifs is 1. The molecule has 2 aromatic rings. The highest BCUT2D eigenvalue weighted by Crippen LogP contribution is 2.36. The van der Waals surface area contributed by atoms with Crippen molar-refractivity contribution in [2.75, 3.05) is 6.79 Å². The second-order valence-electron chi connectivity index (χ2n) is 3.77. The average Bonchev–Trinajstić information content (AvgIpc) is 2.85. The molecule has 1 aliphatic rings. The van der Waals surface area contributed by atoms with Crippen LogP contribution >= 0.6 is 0 Å². The summed E-state index contributed by atoms with van der Waals surface area (Å²) in [4.78, 5) is 15.0. The first-order valence-electron chi connectivity index (χ1n) is 5.34. The predicted octanol–water partition coefficient (Wildman–Crippen LogP) is 2.18. The standard InChI is InChI=1S/C13H9NO4/c15-13(16)12-9(2-1-5-14-12)8-3-4-10-11(6-8)18-7-17-10/h1-6H,7H2,(H,15,16). The Balaban J connectivity index is 2.13. The van der Waals surface area contributed by atoms with Crippen LogP contribution in [0.15, 0.2) is 36.5 Å². The van der Waals surface area contributed by atoms with Crippen LogP contribution in [0.3, 0.4) is 0 Å². The summed E-state index contributed by atoms with van der Waals surface area (Å²) in [6, 6.07) is 8.72. The molecule has 0 radical (unpaired) electrons. The Morgan fingerprint density at radius 2 is 2.06 bits per heavy atom. The van der Waals surface area contributed by atoms with Crippen molar-refractivity contribution in [1.82, 2.24) is 4.98 Å². The van der Waals surface area contributed by atoms with E-state index in [0.717, 1.165) is 5.56 Å². The molecule has 90 valence electrons. The molecule has 0 aliphatic carbocycles. The van der Waals surface area contributed by atoms with Gasteiger partial charge in [-0.3, -0.25) is 0 Å². The lowest BCUT2D eigenvalue weighted by Gasteiger charge is -2.06. The fourth-order valence-electron chi connectivity index (χ4n) is 1.87. The highest BCUT2D eigenvalue weighted by molar-refractivity contribution is 5.94. The SMILES string of the molecule is O=C(O)c1ncccc1-c1ccc2c(c1)OCO2. The summed E-state index contributed by atoms with van der Waals surface area (Å²) < 4.78 is 10.5. The molecule has 0 bridgehead atoms. The number of carboxylic acids is 1. The monoisotopic (exact) mass is 243 g/mol. The fourth-order valence-corrected chi connectivity index (χ4v) is 1.87. The molecule has 0 unspecified atom stereocenters. The first-order chi connectivity index (χ1) is 8.75. The number of nitrogens with zero attached hydrogens (tertiary/aromatic N) is 1. The van der Waals surface area contributed by atoms with Gasteiger partial charge in [0.1, 0.15) is 0 Å². The van der Waals surface area contributed by atoms with E-state index >= 15 is 0 Å². The summed E-state index contributed by atoms with van der Waals surface area (Å²) >= 11 is 0. The molecule has 1 aliphatic heterocycles. The van der Waals surface area contributed by atoms with E-state index in [1.54, 1.807) is 30.3 Å². The molecular formula is C13H9NO4. The summed E-state index contributed by atoms with van der Waals surface area (Å²) in [6.45, 7) is 0.192. The maximum absolute atomic E-state index is 11.1. The number of carbonyl (C=O) groups is 1. The van der Waals surface area contributed by atoms with Crippen molar-refractivity contribution >= 4 is 5.97 Å². The molecule has 1 aromatic heterocycles. The number of benzene rings is 1. The lowest BCUT2D eigenvalue weighted by atomic mass is 10.0. The van der Waals surface area contributed by atoms with Gasteiger partial charge >= 0.3 is 5.97 Å². The van der Waals surface area contributed by atoms with Crippen LogP contribution in [-0.2, 0) is 0 Å². The van der Waals surface area contributed by atoms with Crippen molar-refractivity contribution < 1.29 is 19.4 Å². The molecule has 0 saturated heterocycles. The zero-order valence-corrected chi connectivity index (χ0v) is 9.29. The van der Waals surface area contributed by atoms with Crippen molar-refractivity contribution in [2.24, 2.45) is 0 Å². The van der Waals surface area contributed by atoms with E-state index in [1.165, 1.54) is 6.20 Å². The number of hydrogen-bond acceptors (Lipinski definition) is 4. The lowest BCUT2D eigenvalue weighted by Crippen LogP contribution is -2.02. The Morgan fingerprint density at radius 3 is 2.89 bits per heavy atom. The van der Waals surface area contributed by atoms with E-state index < -0.39 is 5.97 Å². The molecule has 0 spiro atoms. The molecule has 3 rings (SSSR count). The van der Waals surface area contributed by atoms with Gasteiger partial charge in [0, 0.05) is 11.8 Å². The smallest absolute Gasteiger partial charge is 0.355 e. The Hall–Kier alpha value is -2.56. The quantitative estimate of drug-likeness (QED) is 0.875. The van der Waals surface area contributed by atoms with E-state index in [-0.39, 0.29) is 12.5 Å². The third-order valence-corrected chi connectivity index (χ3v) is 2.69. The highest BCUT2D eigenvalue weighted by Gasteiger charge is 2.17. The Labute approximate surface area is 103 Å². The van der Waals surface area contributed by atoms with Crippen LogP contribution in [0.1, 0.15) is 10.5 Å². The first-order valence-corrected chi connectivity index (χ1v) is 5.34. The third kappa shape index (κ3) is 1.66. The van der Waals surface area contributed by atoms with E-state index in [0.29, 0.717) is 17.1 Å². The van der Waals surface area contributed by atoms with Gasteiger partial charge in [0.2, 0.25) is 6.79 Å². The van der Waals surface area contributed by atoms with Crippen LogP contribution in [0, 0.1) is 0 Å². The number of rotatable bonds is 2. The molecule has 1 aromatic carbocycles. The molecule has 0 amide bonds. The molecule has 0 atom stereocenters. The van der Waals surface area contributed by atoms with Gasteiger partial charge in [0.15, 0.2) is 17.2 Å². The van der Waals surface area contributed by atoms with Gasteiger partial charge in [0.05, 0.1) is 0 Å². The number of aromatic nitrogens is 1. The van der Waals surface area contributed by atoms with E-state index in [9.17, 15) is 4.79 Å². The topological polar surface area (TPSA) is 68.7 Å². The van der Waals surface area contributed by atoms with Crippen molar-refractivity contribution in [3.8, 4) is 22.6 Å². The highest BCUT2D eigenvalue weighted by atomic mass is 16.7. The Bertz CT molecular complexity index is 624. The average molecular weight is 243 g/mol. The van der Waals surface area contributed by atoms with E-state index in [4.69, 9.17) is 14.6 Å².